The summed E-state index contributed by atoms with van der Waals surface area (Å²) in [5.74, 6) is 0.708. The van der Waals surface area contributed by atoms with Gasteiger partial charge in [0, 0.05) is 24.8 Å². The molecule has 0 bridgehead atoms. The molecule has 0 aliphatic heterocycles. The zero-order valence-electron chi connectivity index (χ0n) is 10.4. The summed E-state index contributed by atoms with van der Waals surface area (Å²) in [5, 5.41) is 22.0. The second kappa shape index (κ2) is 7.14. The highest BCUT2D eigenvalue weighted by Gasteiger charge is 2.08. The molecule has 0 amide bonds. The molecule has 96 valence electrons. The van der Waals surface area contributed by atoms with Crippen LogP contribution in [0.25, 0.3) is 0 Å². The van der Waals surface area contributed by atoms with E-state index in [2.05, 4.69) is 5.32 Å². The highest BCUT2D eigenvalue weighted by molar-refractivity contribution is 5.45. The largest absolute Gasteiger partial charge is 0.504 e. The molecule has 4 nitrogen and oxygen atoms in total. The zero-order valence-corrected chi connectivity index (χ0v) is 10.4. The Morgan fingerprint density at radius 2 is 2.18 bits per heavy atom. The highest BCUT2D eigenvalue weighted by atomic mass is 16.5. The van der Waals surface area contributed by atoms with Gasteiger partial charge in [-0.15, -0.1) is 0 Å². The van der Waals surface area contributed by atoms with Gasteiger partial charge in [0.05, 0.1) is 6.61 Å². The van der Waals surface area contributed by atoms with Gasteiger partial charge >= 0.3 is 0 Å². The van der Waals surface area contributed by atoms with Crippen LogP contribution < -0.4 is 10.1 Å². The Labute approximate surface area is 102 Å². The minimum absolute atomic E-state index is 0.166. The molecule has 0 saturated carbocycles. The van der Waals surface area contributed by atoms with Crippen LogP contribution in [0.3, 0.4) is 0 Å². The number of hydrogen-bond donors (Lipinski definition) is 3. The van der Waals surface area contributed by atoms with E-state index in [1.54, 1.807) is 6.07 Å². The van der Waals surface area contributed by atoms with Gasteiger partial charge in [-0.25, -0.2) is 0 Å². The monoisotopic (exact) mass is 239 g/mol. The van der Waals surface area contributed by atoms with E-state index >= 15 is 0 Å². The molecule has 17 heavy (non-hydrogen) atoms. The van der Waals surface area contributed by atoms with E-state index in [9.17, 15) is 5.11 Å². The normalized spacial score (nSPS) is 12.4. The molecule has 0 aliphatic carbocycles. The van der Waals surface area contributed by atoms with Crippen LogP contribution in [0.1, 0.15) is 25.8 Å². The van der Waals surface area contributed by atoms with Gasteiger partial charge in [-0.05, 0) is 26.3 Å². The lowest BCUT2D eigenvalue weighted by Crippen LogP contribution is -2.26. The summed E-state index contributed by atoms with van der Waals surface area (Å²) in [5.41, 5.74) is 0.806. The summed E-state index contributed by atoms with van der Waals surface area (Å²) in [6.07, 6.45) is 0.700. The van der Waals surface area contributed by atoms with Crippen molar-refractivity contribution in [1.29, 1.82) is 0 Å². The summed E-state index contributed by atoms with van der Waals surface area (Å²) in [4.78, 5) is 0. The molecule has 1 unspecified atom stereocenters. The summed E-state index contributed by atoms with van der Waals surface area (Å²) < 4.78 is 5.31. The van der Waals surface area contributed by atoms with Gasteiger partial charge in [0.25, 0.3) is 0 Å². The number of aromatic hydroxyl groups is 1. The molecule has 1 aromatic rings. The van der Waals surface area contributed by atoms with Gasteiger partial charge in [0.2, 0.25) is 0 Å². The minimum Gasteiger partial charge on any atom is -0.504 e. The standard InChI is InChI=1S/C13H21NO3/c1-3-17-12-6-4-5-11(13(12)16)9-14-10(2)7-8-15/h4-6,10,14-16H,3,7-9H2,1-2H3. The van der Waals surface area contributed by atoms with Crippen molar-refractivity contribution >= 4 is 0 Å². The first-order valence-electron chi connectivity index (χ1n) is 5.97. The van der Waals surface area contributed by atoms with E-state index in [-0.39, 0.29) is 18.4 Å². The van der Waals surface area contributed by atoms with Gasteiger partial charge in [0.15, 0.2) is 11.5 Å². The highest BCUT2D eigenvalue weighted by Crippen LogP contribution is 2.29. The number of nitrogens with one attached hydrogen (secondary N) is 1. The first-order valence-corrected chi connectivity index (χ1v) is 5.97. The van der Waals surface area contributed by atoms with Gasteiger partial charge in [-0.1, -0.05) is 12.1 Å². The molecule has 0 heterocycles. The van der Waals surface area contributed by atoms with Gasteiger partial charge in [-0.3, -0.25) is 0 Å². The second-order valence-corrected chi connectivity index (χ2v) is 3.99. The van der Waals surface area contributed by atoms with Crippen LogP contribution >= 0.6 is 0 Å². The lowest BCUT2D eigenvalue weighted by Gasteiger charge is -2.14. The van der Waals surface area contributed by atoms with E-state index in [4.69, 9.17) is 9.84 Å². The van der Waals surface area contributed by atoms with Crippen LogP contribution in [0.5, 0.6) is 11.5 Å². The van der Waals surface area contributed by atoms with Crippen molar-refractivity contribution in [2.75, 3.05) is 13.2 Å². The molecule has 0 radical (unpaired) electrons. The van der Waals surface area contributed by atoms with Crippen LogP contribution in [0.15, 0.2) is 18.2 Å². The van der Waals surface area contributed by atoms with Crippen molar-refractivity contribution in [2.45, 2.75) is 32.9 Å². The molecule has 3 N–H and O–H groups in total. The number of ether oxygens (including phenoxy) is 1. The van der Waals surface area contributed by atoms with Crippen molar-refractivity contribution in [3.63, 3.8) is 0 Å². The lowest BCUT2D eigenvalue weighted by atomic mass is 10.1. The molecule has 1 aromatic carbocycles. The maximum atomic E-state index is 9.95. The third kappa shape index (κ3) is 4.24. The number of aliphatic hydroxyl groups excluding tert-OH is 1. The molecular formula is C13H21NO3. The Bertz CT molecular complexity index is 341. The van der Waals surface area contributed by atoms with Gasteiger partial charge < -0.3 is 20.3 Å². The maximum absolute atomic E-state index is 9.95. The topological polar surface area (TPSA) is 61.7 Å². The van der Waals surface area contributed by atoms with E-state index in [0.717, 1.165) is 5.56 Å². The summed E-state index contributed by atoms with van der Waals surface area (Å²) in [7, 11) is 0. The Balaban J connectivity index is 2.61. The fourth-order valence-corrected chi connectivity index (χ4v) is 1.56. The molecular weight excluding hydrogens is 218 g/mol. The molecule has 0 fully saturated rings. The van der Waals surface area contributed by atoms with E-state index in [1.165, 1.54) is 0 Å². The quantitative estimate of drug-likeness (QED) is 0.677. The summed E-state index contributed by atoms with van der Waals surface area (Å²) in [6, 6.07) is 5.68. The fraction of sp³-hybridized carbons (Fsp3) is 0.538. The van der Waals surface area contributed by atoms with Crippen LogP contribution in [0, 0.1) is 0 Å². The third-order valence-electron chi connectivity index (χ3n) is 2.59. The molecule has 0 saturated heterocycles. The Kier molecular flexibility index (Phi) is 5.80. The van der Waals surface area contributed by atoms with Crippen LogP contribution in [0.4, 0.5) is 0 Å². The van der Waals surface area contributed by atoms with Crippen LogP contribution in [-0.2, 0) is 6.54 Å². The number of phenols is 1. The van der Waals surface area contributed by atoms with E-state index in [0.29, 0.717) is 25.3 Å². The smallest absolute Gasteiger partial charge is 0.162 e. The maximum Gasteiger partial charge on any atom is 0.162 e. The van der Waals surface area contributed by atoms with Crippen molar-refractivity contribution in [2.24, 2.45) is 0 Å². The summed E-state index contributed by atoms with van der Waals surface area (Å²) >= 11 is 0. The fourth-order valence-electron chi connectivity index (χ4n) is 1.56. The Hall–Kier alpha value is -1.26. The SMILES string of the molecule is CCOc1cccc(CNC(C)CCO)c1O. The average Bonchev–Trinajstić information content (AvgIpc) is 2.31. The molecule has 0 aliphatic rings. The lowest BCUT2D eigenvalue weighted by molar-refractivity contribution is 0.268. The minimum atomic E-state index is 0.166. The number of benzene rings is 1. The van der Waals surface area contributed by atoms with Crippen molar-refractivity contribution in [3.05, 3.63) is 23.8 Å². The van der Waals surface area contributed by atoms with Crippen molar-refractivity contribution in [1.82, 2.24) is 5.32 Å². The zero-order chi connectivity index (χ0) is 12.7. The number of rotatable bonds is 7. The van der Waals surface area contributed by atoms with Crippen molar-refractivity contribution < 1.29 is 14.9 Å². The first-order chi connectivity index (χ1) is 8.19. The Morgan fingerprint density at radius 3 is 2.82 bits per heavy atom. The van der Waals surface area contributed by atoms with Crippen LogP contribution in [-0.4, -0.2) is 29.5 Å². The van der Waals surface area contributed by atoms with E-state index < -0.39 is 0 Å². The van der Waals surface area contributed by atoms with Gasteiger partial charge in [0.1, 0.15) is 0 Å². The second-order valence-electron chi connectivity index (χ2n) is 3.99. The number of aliphatic hydroxyl groups is 1. The molecule has 1 atom stereocenters. The number of para-hydroxylation sites is 1. The van der Waals surface area contributed by atoms with Crippen molar-refractivity contribution in [3.8, 4) is 11.5 Å². The number of phenolic OH excluding ortho intramolecular Hbond substituents is 1. The average molecular weight is 239 g/mol. The Morgan fingerprint density at radius 1 is 1.41 bits per heavy atom. The molecule has 0 spiro atoms. The first kappa shape index (κ1) is 13.8. The number of hydrogen-bond acceptors (Lipinski definition) is 4. The molecule has 1 rings (SSSR count). The molecule has 4 heteroatoms. The predicted molar refractivity (Wildman–Crippen MR) is 67.3 cm³/mol. The van der Waals surface area contributed by atoms with Crippen LogP contribution in [0.2, 0.25) is 0 Å². The predicted octanol–water partition coefficient (Wildman–Crippen LogP) is 1.65. The van der Waals surface area contributed by atoms with Gasteiger partial charge in [-0.2, -0.15) is 0 Å². The van der Waals surface area contributed by atoms with E-state index in [1.807, 2.05) is 26.0 Å². The molecule has 0 aromatic heterocycles. The third-order valence-corrected chi connectivity index (χ3v) is 2.59. The summed E-state index contributed by atoms with van der Waals surface area (Å²) in [6.45, 7) is 5.14.